The number of nitrogens with one attached hydrogen (secondary N) is 4. The third-order valence-corrected chi connectivity index (χ3v) is 3.75. The number of aromatic amines is 1. The van der Waals surface area contributed by atoms with Crippen LogP contribution in [-0.4, -0.2) is 27.9 Å². The summed E-state index contributed by atoms with van der Waals surface area (Å²) in [6.45, 7) is 2.13. The second kappa shape index (κ2) is 7.16. The topological polar surface area (TPSA) is 98.9 Å². The summed E-state index contributed by atoms with van der Waals surface area (Å²) in [4.78, 5) is 30.8. The quantitative estimate of drug-likeness (QED) is 0.633. The number of benzene rings is 1. The highest BCUT2D eigenvalue weighted by molar-refractivity contribution is 5.93. The summed E-state index contributed by atoms with van der Waals surface area (Å²) in [5.41, 5.74) is 7.05. The van der Waals surface area contributed by atoms with Gasteiger partial charge >= 0.3 is 6.03 Å². The zero-order chi connectivity index (χ0) is 16.9. The molecule has 0 unspecified atom stereocenters. The van der Waals surface area contributed by atoms with Gasteiger partial charge in [0.1, 0.15) is 11.5 Å². The van der Waals surface area contributed by atoms with Crippen LogP contribution in [0, 0.1) is 0 Å². The van der Waals surface area contributed by atoms with Crippen molar-refractivity contribution in [1.29, 1.82) is 0 Å². The zero-order valence-corrected chi connectivity index (χ0v) is 13.6. The number of nitrogens with zero attached hydrogens (tertiary/aromatic N) is 1. The van der Waals surface area contributed by atoms with Gasteiger partial charge in [-0.25, -0.2) is 15.2 Å². The van der Waals surface area contributed by atoms with Crippen molar-refractivity contribution in [2.45, 2.75) is 38.6 Å². The molecule has 3 amide bonds. The Kier molecular flexibility index (Phi) is 4.79. The third kappa shape index (κ3) is 4.13. The van der Waals surface area contributed by atoms with Crippen LogP contribution in [0.3, 0.4) is 0 Å². The van der Waals surface area contributed by atoms with Gasteiger partial charge in [0.15, 0.2) is 0 Å². The minimum absolute atomic E-state index is 0.220. The van der Waals surface area contributed by atoms with Gasteiger partial charge in [-0.15, -0.1) is 0 Å². The fourth-order valence-electron chi connectivity index (χ4n) is 2.38. The standard InChI is InChI=1S/C17H21N5O2/c1-2-4-11-5-3-6-12(9-11)15-18-10-14(20-15)16(23)21-22-17(24)19-13-7-8-13/h3,5-6,9-10,13H,2,4,7-8H2,1H3,(H,18,20)(H,21,23)(H2,19,22,24). The highest BCUT2D eigenvalue weighted by Crippen LogP contribution is 2.19. The highest BCUT2D eigenvalue weighted by atomic mass is 16.2. The summed E-state index contributed by atoms with van der Waals surface area (Å²) in [5.74, 6) is 0.161. The molecule has 1 heterocycles. The molecule has 0 radical (unpaired) electrons. The van der Waals surface area contributed by atoms with Crippen molar-refractivity contribution in [1.82, 2.24) is 26.1 Å². The number of amides is 3. The fourth-order valence-corrected chi connectivity index (χ4v) is 2.38. The van der Waals surface area contributed by atoms with E-state index in [1.54, 1.807) is 0 Å². The molecule has 1 saturated carbocycles. The van der Waals surface area contributed by atoms with Crippen molar-refractivity contribution in [3.8, 4) is 11.4 Å². The Balaban J connectivity index is 1.60. The fraction of sp³-hybridized carbons (Fsp3) is 0.353. The molecular formula is C17H21N5O2. The molecule has 126 valence electrons. The molecule has 0 aliphatic heterocycles. The van der Waals surface area contributed by atoms with Crippen LogP contribution in [0.1, 0.15) is 42.2 Å². The van der Waals surface area contributed by atoms with E-state index in [2.05, 4.69) is 45.2 Å². The first kappa shape index (κ1) is 16.0. The van der Waals surface area contributed by atoms with Crippen LogP contribution in [0.5, 0.6) is 0 Å². The molecular weight excluding hydrogens is 306 g/mol. The number of carbonyl (C=O) groups excluding carboxylic acids is 2. The molecule has 7 nitrogen and oxygen atoms in total. The number of imidazole rings is 1. The molecule has 0 spiro atoms. The lowest BCUT2D eigenvalue weighted by Crippen LogP contribution is -2.47. The first-order valence-corrected chi connectivity index (χ1v) is 8.17. The van der Waals surface area contributed by atoms with Crippen molar-refractivity contribution in [3.05, 3.63) is 41.7 Å². The Morgan fingerprint density at radius 2 is 2.12 bits per heavy atom. The van der Waals surface area contributed by atoms with E-state index in [4.69, 9.17) is 0 Å². The Hall–Kier alpha value is -2.83. The molecule has 0 atom stereocenters. The van der Waals surface area contributed by atoms with Gasteiger partial charge in [0.2, 0.25) is 0 Å². The van der Waals surface area contributed by atoms with Crippen LogP contribution >= 0.6 is 0 Å². The predicted octanol–water partition coefficient (Wildman–Crippen LogP) is 2.14. The second-order valence-corrected chi connectivity index (χ2v) is 5.91. The SMILES string of the molecule is CCCc1cccc(-c2nc(C(=O)NNC(=O)NC3CC3)c[nH]2)c1. The monoisotopic (exact) mass is 327 g/mol. The Bertz CT molecular complexity index is 736. The van der Waals surface area contributed by atoms with Crippen molar-refractivity contribution < 1.29 is 9.59 Å². The smallest absolute Gasteiger partial charge is 0.333 e. The molecule has 1 aliphatic rings. The van der Waals surface area contributed by atoms with Gasteiger partial charge in [-0.1, -0.05) is 31.5 Å². The molecule has 0 saturated heterocycles. The van der Waals surface area contributed by atoms with E-state index in [9.17, 15) is 9.59 Å². The lowest BCUT2D eigenvalue weighted by molar-refractivity contribution is 0.0931. The number of carbonyl (C=O) groups is 2. The average Bonchev–Trinajstić information content (AvgIpc) is 3.25. The van der Waals surface area contributed by atoms with Crippen LogP contribution < -0.4 is 16.2 Å². The van der Waals surface area contributed by atoms with E-state index in [-0.39, 0.29) is 11.7 Å². The van der Waals surface area contributed by atoms with Gasteiger partial charge in [0.25, 0.3) is 5.91 Å². The van der Waals surface area contributed by atoms with E-state index >= 15 is 0 Å². The summed E-state index contributed by atoms with van der Waals surface area (Å²) in [6, 6.07) is 7.88. The molecule has 1 aliphatic carbocycles. The predicted molar refractivity (Wildman–Crippen MR) is 90.2 cm³/mol. The van der Waals surface area contributed by atoms with Gasteiger partial charge in [0.05, 0.1) is 0 Å². The van der Waals surface area contributed by atoms with Gasteiger partial charge < -0.3 is 10.3 Å². The Morgan fingerprint density at radius 3 is 2.88 bits per heavy atom. The number of rotatable bonds is 5. The third-order valence-electron chi connectivity index (χ3n) is 3.75. The lowest BCUT2D eigenvalue weighted by Gasteiger charge is -2.06. The molecule has 3 rings (SSSR count). The number of hydrogen-bond donors (Lipinski definition) is 4. The van der Waals surface area contributed by atoms with Crippen molar-refractivity contribution in [2.24, 2.45) is 0 Å². The number of aryl methyl sites for hydroxylation is 1. The van der Waals surface area contributed by atoms with Gasteiger partial charge in [-0.3, -0.25) is 10.2 Å². The molecule has 2 aromatic rings. The van der Waals surface area contributed by atoms with Crippen LogP contribution in [-0.2, 0) is 6.42 Å². The summed E-state index contributed by atoms with van der Waals surface area (Å²) >= 11 is 0. The molecule has 4 N–H and O–H groups in total. The average molecular weight is 327 g/mol. The number of urea groups is 1. The van der Waals surface area contributed by atoms with Crippen molar-refractivity contribution >= 4 is 11.9 Å². The van der Waals surface area contributed by atoms with E-state index in [1.807, 2.05) is 12.1 Å². The largest absolute Gasteiger partial charge is 0.344 e. The van der Waals surface area contributed by atoms with Crippen LogP contribution in [0.15, 0.2) is 30.5 Å². The minimum atomic E-state index is -0.465. The van der Waals surface area contributed by atoms with E-state index < -0.39 is 11.9 Å². The Labute approximate surface area is 140 Å². The van der Waals surface area contributed by atoms with Gasteiger partial charge in [0, 0.05) is 17.8 Å². The van der Waals surface area contributed by atoms with Crippen molar-refractivity contribution in [3.63, 3.8) is 0 Å². The number of aromatic nitrogens is 2. The maximum absolute atomic E-state index is 12.0. The van der Waals surface area contributed by atoms with Crippen LogP contribution in [0.25, 0.3) is 11.4 Å². The molecule has 1 aromatic heterocycles. The van der Waals surface area contributed by atoms with Gasteiger partial charge in [-0.2, -0.15) is 0 Å². The summed E-state index contributed by atoms with van der Waals surface area (Å²) in [7, 11) is 0. The maximum atomic E-state index is 12.0. The molecule has 1 fully saturated rings. The van der Waals surface area contributed by atoms with Crippen LogP contribution in [0.2, 0.25) is 0 Å². The first-order chi connectivity index (χ1) is 11.7. The Morgan fingerprint density at radius 1 is 1.29 bits per heavy atom. The highest BCUT2D eigenvalue weighted by Gasteiger charge is 2.23. The second-order valence-electron chi connectivity index (χ2n) is 5.91. The van der Waals surface area contributed by atoms with Crippen LogP contribution in [0.4, 0.5) is 4.79 Å². The number of H-pyrrole nitrogens is 1. The molecule has 24 heavy (non-hydrogen) atoms. The number of hydrogen-bond acceptors (Lipinski definition) is 3. The normalized spacial score (nSPS) is 13.4. The molecule has 1 aromatic carbocycles. The lowest BCUT2D eigenvalue weighted by atomic mass is 10.1. The summed E-state index contributed by atoms with van der Waals surface area (Å²) < 4.78 is 0. The van der Waals surface area contributed by atoms with Gasteiger partial charge in [-0.05, 0) is 30.9 Å². The zero-order valence-electron chi connectivity index (χ0n) is 13.6. The maximum Gasteiger partial charge on any atom is 0.333 e. The molecule has 0 bridgehead atoms. The van der Waals surface area contributed by atoms with E-state index in [1.165, 1.54) is 11.8 Å². The minimum Gasteiger partial charge on any atom is -0.344 e. The van der Waals surface area contributed by atoms with Crippen molar-refractivity contribution in [2.75, 3.05) is 0 Å². The molecule has 7 heteroatoms. The summed E-state index contributed by atoms with van der Waals surface area (Å²) in [6.07, 6.45) is 5.58. The van der Waals surface area contributed by atoms with E-state index in [0.717, 1.165) is 31.2 Å². The number of hydrazine groups is 1. The first-order valence-electron chi connectivity index (χ1n) is 8.17. The summed E-state index contributed by atoms with van der Waals surface area (Å²) in [5, 5.41) is 2.72. The van der Waals surface area contributed by atoms with E-state index in [0.29, 0.717) is 5.82 Å².